The molecule has 4 heterocycles. The van der Waals surface area contributed by atoms with Gasteiger partial charge in [0.15, 0.2) is 11.5 Å². The average Bonchev–Trinajstić information content (AvgIpc) is 3.55. The number of carbonyl (C=O) groups excluding carboxylic acids is 1. The smallest absolute Gasteiger partial charge is 0.264 e. The monoisotopic (exact) mass is 602 g/mol. The van der Waals surface area contributed by atoms with Gasteiger partial charge in [-0.3, -0.25) is 18.8 Å². The Morgan fingerprint density at radius 1 is 1.00 bits per heavy atom. The number of nitrogen functional groups attached to an aromatic ring is 1. The molecule has 4 aromatic heterocycles. The quantitative estimate of drug-likeness (QED) is 0.154. The van der Waals surface area contributed by atoms with Crippen LogP contribution in [0.4, 0.5) is 5.82 Å². The standard InChI is InChI=1S/C31H31B5N8O2/c1-14(40-30(45)21-28(37)41-43-11-5-10-38-29(21)43)19-12-17-7-4-6-16(8-9-18-13-39-42(3)15(18)2)20(17)31(46)44(19)27-25(35)23(33)22(32)24(34)26(27)36/h4-7,10-14H,32-36H2,1-3H3,(H2,37,41)(H,40,45). The van der Waals surface area contributed by atoms with Crippen LogP contribution in [-0.2, 0) is 7.05 Å². The number of nitrogens with two attached hydrogens (primary N) is 1. The lowest BCUT2D eigenvalue weighted by atomic mass is 9.61. The number of hydrogen-bond acceptors (Lipinski definition) is 6. The largest absolute Gasteiger partial charge is 0.381 e. The Morgan fingerprint density at radius 2 is 1.67 bits per heavy atom. The molecule has 46 heavy (non-hydrogen) atoms. The van der Waals surface area contributed by atoms with Gasteiger partial charge < -0.3 is 11.1 Å². The zero-order chi connectivity index (χ0) is 33.0. The zero-order valence-electron chi connectivity index (χ0n) is 27.3. The molecular weight excluding hydrogens is 570 g/mol. The molecule has 0 saturated heterocycles. The second-order valence-corrected chi connectivity index (χ2v) is 11.8. The molecule has 0 saturated carbocycles. The van der Waals surface area contributed by atoms with Crippen molar-refractivity contribution < 1.29 is 4.79 Å². The third kappa shape index (κ3) is 4.90. The molecule has 3 N–H and O–H groups in total. The van der Waals surface area contributed by atoms with Gasteiger partial charge in [-0.1, -0.05) is 45.8 Å². The first kappa shape index (κ1) is 30.7. The van der Waals surface area contributed by atoms with Crippen molar-refractivity contribution in [1.82, 2.24) is 34.3 Å². The lowest BCUT2D eigenvalue weighted by molar-refractivity contribution is 0.0941. The summed E-state index contributed by atoms with van der Waals surface area (Å²) in [5.74, 6) is 6.09. The van der Waals surface area contributed by atoms with E-state index < -0.39 is 11.9 Å². The van der Waals surface area contributed by atoms with Gasteiger partial charge in [0.1, 0.15) is 44.8 Å². The van der Waals surface area contributed by atoms with Gasteiger partial charge in [-0.05, 0) is 37.4 Å². The minimum absolute atomic E-state index is 0.0721. The summed E-state index contributed by atoms with van der Waals surface area (Å²) in [4.78, 5) is 32.9. The summed E-state index contributed by atoms with van der Waals surface area (Å²) < 4.78 is 4.99. The summed E-state index contributed by atoms with van der Waals surface area (Å²) in [5, 5.41) is 12.8. The molecule has 0 aliphatic rings. The van der Waals surface area contributed by atoms with Gasteiger partial charge >= 0.3 is 0 Å². The van der Waals surface area contributed by atoms with Gasteiger partial charge in [0.05, 0.1) is 28.9 Å². The maximum absolute atomic E-state index is 14.8. The highest BCUT2D eigenvalue weighted by molar-refractivity contribution is 6.68. The van der Waals surface area contributed by atoms with Gasteiger partial charge in [0.2, 0.25) is 0 Å². The van der Waals surface area contributed by atoms with E-state index in [2.05, 4.69) is 55.9 Å². The predicted molar refractivity (Wildman–Crippen MR) is 198 cm³/mol. The van der Waals surface area contributed by atoms with E-state index in [-0.39, 0.29) is 16.9 Å². The van der Waals surface area contributed by atoms with Crippen LogP contribution in [0, 0.1) is 18.8 Å². The van der Waals surface area contributed by atoms with Gasteiger partial charge in [-0.25, -0.2) is 9.50 Å². The topological polar surface area (TPSA) is 125 Å². The zero-order valence-corrected chi connectivity index (χ0v) is 27.3. The van der Waals surface area contributed by atoms with Crippen LogP contribution in [0.5, 0.6) is 0 Å². The van der Waals surface area contributed by atoms with E-state index in [9.17, 15) is 9.59 Å². The molecule has 6 rings (SSSR count). The van der Waals surface area contributed by atoms with Crippen molar-refractivity contribution in [3.05, 3.63) is 87.4 Å². The Kier molecular flexibility index (Phi) is 7.68. The highest BCUT2D eigenvalue weighted by Gasteiger charge is 2.25. The molecule has 6 aromatic rings. The normalized spacial score (nSPS) is 11.8. The van der Waals surface area contributed by atoms with Crippen LogP contribution in [0.2, 0.25) is 0 Å². The molecule has 1 atom stereocenters. The predicted octanol–water partition coefficient (Wildman–Crippen LogP) is -5.16. The number of pyridine rings is 1. The summed E-state index contributed by atoms with van der Waals surface area (Å²) in [6.45, 7) is 3.82. The fourth-order valence-corrected chi connectivity index (χ4v) is 6.07. The third-order valence-electron chi connectivity index (χ3n) is 9.27. The van der Waals surface area contributed by atoms with Crippen molar-refractivity contribution in [1.29, 1.82) is 0 Å². The number of aromatic nitrogens is 6. The van der Waals surface area contributed by atoms with E-state index in [0.29, 0.717) is 22.3 Å². The maximum atomic E-state index is 14.8. The summed E-state index contributed by atoms with van der Waals surface area (Å²) >= 11 is 0. The molecule has 0 spiro atoms. The van der Waals surface area contributed by atoms with Crippen molar-refractivity contribution >= 4 is 94.7 Å². The van der Waals surface area contributed by atoms with Crippen LogP contribution in [0.15, 0.2) is 53.7 Å². The summed E-state index contributed by atoms with van der Waals surface area (Å²) in [6.07, 6.45) is 5.00. The van der Waals surface area contributed by atoms with E-state index in [1.165, 1.54) is 9.98 Å². The van der Waals surface area contributed by atoms with Crippen molar-refractivity contribution in [2.75, 3.05) is 5.73 Å². The van der Waals surface area contributed by atoms with E-state index in [4.69, 9.17) is 5.73 Å². The van der Waals surface area contributed by atoms with E-state index >= 15 is 0 Å². The van der Waals surface area contributed by atoms with Crippen LogP contribution in [0.3, 0.4) is 0 Å². The molecule has 222 valence electrons. The molecular formula is C31H31B5N8O2. The Morgan fingerprint density at radius 3 is 2.35 bits per heavy atom. The van der Waals surface area contributed by atoms with Crippen LogP contribution in [0.1, 0.15) is 45.8 Å². The van der Waals surface area contributed by atoms with Gasteiger partial charge in [-0.15, -0.1) is 10.6 Å². The third-order valence-corrected chi connectivity index (χ3v) is 9.27. The molecule has 0 aliphatic heterocycles. The number of anilines is 1. The number of carbonyl (C=O) groups is 1. The lowest BCUT2D eigenvalue weighted by Crippen LogP contribution is -2.57. The van der Waals surface area contributed by atoms with Crippen LogP contribution in [0.25, 0.3) is 22.1 Å². The van der Waals surface area contributed by atoms with Crippen molar-refractivity contribution in [3.63, 3.8) is 0 Å². The molecule has 0 bridgehead atoms. The second-order valence-electron chi connectivity index (χ2n) is 11.8. The summed E-state index contributed by atoms with van der Waals surface area (Å²) in [5.41, 5.74) is 15.6. The van der Waals surface area contributed by atoms with Gasteiger partial charge in [0.25, 0.3) is 11.5 Å². The maximum Gasteiger partial charge on any atom is 0.264 e. The van der Waals surface area contributed by atoms with Gasteiger partial charge in [0, 0.05) is 36.4 Å². The first-order valence-electron chi connectivity index (χ1n) is 15.1. The Hall–Kier alpha value is -5.37. The number of benzene rings is 2. The Balaban J connectivity index is 1.58. The molecule has 0 aliphatic carbocycles. The lowest BCUT2D eigenvalue weighted by Gasteiger charge is -2.26. The van der Waals surface area contributed by atoms with Crippen molar-refractivity contribution in [2.45, 2.75) is 19.9 Å². The minimum atomic E-state index is -0.601. The van der Waals surface area contributed by atoms with E-state index in [1.54, 1.807) is 33.9 Å². The van der Waals surface area contributed by atoms with Crippen molar-refractivity contribution in [2.24, 2.45) is 7.05 Å². The Bertz CT molecular complexity index is 2340. The first-order chi connectivity index (χ1) is 21.9. The summed E-state index contributed by atoms with van der Waals surface area (Å²) in [7, 11) is 12.2. The molecule has 2 aromatic carbocycles. The number of nitrogens with zero attached hydrogens (tertiary/aromatic N) is 6. The van der Waals surface area contributed by atoms with Crippen LogP contribution >= 0.6 is 0 Å². The van der Waals surface area contributed by atoms with E-state index in [0.717, 1.165) is 44.2 Å². The van der Waals surface area contributed by atoms with Crippen LogP contribution < -0.4 is 43.9 Å². The van der Waals surface area contributed by atoms with Crippen LogP contribution in [-0.4, -0.2) is 74.1 Å². The minimum Gasteiger partial charge on any atom is -0.381 e. The molecule has 15 heteroatoms. The van der Waals surface area contributed by atoms with Crippen molar-refractivity contribution in [3.8, 4) is 17.5 Å². The number of fused-ring (bicyclic) bond motifs is 2. The summed E-state index contributed by atoms with van der Waals surface area (Å²) in [6, 6.07) is 8.73. The number of rotatable bonds is 4. The van der Waals surface area contributed by atoms with E-state index in [1.807, 2.05) is 60.9 Å². The number of aryl methyl sites for hydroxylation is 1. The number of hydrogen-bond donors (Lipinski definition) is 2. The highest BCUT2D eigenvalue weighted by Crippen LogP contribution is 2.24. The molecule has 10 nitrogen and oxygen atoms in total. The van der Waals surface area contributed by atoms with Gasteiger partial charge in [-0.2, -0.15) is 5.10 Å². The SMILES string of the molecule is Bc1c(B)c(B)c(-n2c(C(C)NC(=O)c3c(N)nn4cccnc34)cc3cccc(C#Cc4cnn(C)c4C)c3c2=O)c(B)c1B. The molecule has 1 amide bonds. The number of amides is 1. The molecule has 0 fully saturated rings. The second kappa shape index (κ2) is 11.5. The number of nitrogens with one attached hydrogen (secondary N) is 1. The molecule has 0 radical (unpaired) electrons. The average molecular weight is 602 g/mol. The molecule has 1 unspecified atom stereocenters. The fraction of sp³-hybridized carbons (Fsp3) is 0.129. The fourth-order valence-electron chi connectivity index (χ4n) is 6.07. The highest BCUT2D eigenvalue weighted by atomic mass is 16.2. The Labute approximate surface area is 270 Å². The first-order valence-corrected chi connectivity index (χ1v) is 15.1.